The molecular weight excluding hydrogens is 332 g/mol. The van der Waals surface area contributed by atoms with E-state index in [4.69, 9.17) is 0 Å². The van der Waals surface area contributed by atoms with Crippen molar-refractivity contribution in [1.82, 2.24) is 10.3 Å². The van der Waals surface area contributed by atoms with Gasteiger partial charge in [-0.3, -0.25) is 19.9 Å². The summed E-state index contributed by atoms with van der Waals surface area (Å²) in [4.78, 5) is 29.9. The van der Waals surface area contributed by atoms with E-state index in [1.165, 1.54) is 18.6 Å². The maximum absolute atomic E-state index is 12.8. The second-order valence-corrected chi connectivity index (χ2v) is 6.46. The highest BCUT2D eigenvalue weighted by Crippen LogP contribution is 2.28. The zero-order chi connectivity index (χ0) is 18.5. The summed E-state index contributed by atoms with van der Waals surface area (Å²) in [6.07, 6.45) is 3.29. The van der Waals surface area contributed by atoms with E-state index in [1.807, 2.05) is 25.1 Å². The molecular formula is C19H22N4O3. The first-order valence-electron chi connectivity index (χ1n) is 8.79. The SMILES string of the molecule is Cc1cccc(CNC(=O)c2cc([N+](=O)[O-])ccc2N2CCCCC2)n1. The summed E-state index contributed by atoms with van der Waals surface area (Å²) in [6, 6.07) is 10.1. The van der Waals surface area contributed by atoms with Crippen LogP contribution in [0.1, 0.15) is 41.0 Å². The van der Waals surface area contributed by atoms with Gasteiger partial charge in [0.2, 0.25) is 0 Å². The fourth-order valence-corrected chi connectivity index (χ4v) is 3.19. The van der Waals surface area contributed by atoms with Crippen LogP contribution in [0.15, 0.2) is 36.4 Å². The number of nitro benzene ring substituents is 1. The van der Waals surface area contributed by atoms with Gasteiger partial charge >= 0.3 is 0 Å². The quantitative estimate of drug-likeness (QED) is 0.658. The monoisotopic (exact) mass is 354 g/mol. The van der Waals surface area contributed by atoms with Crippen molar-refractivity contribution in [2.45, 2.75) is 32.7 Å². The molecule has 1 N–H and O–H groups in total. The van der Waals surface area contributed by atoms with E-state index in [9.17, 15) is 14.9 Å². The van der Waals surface area contributed by atoms with Crippen LogP contribution in [0, 0.1) is 17.0 Å². The lowest BCUT2D eigenvalue weighted by Crippen LogP contribution is -2.32. The van der Waals surface area contributed by atoms with Gasteiger partial charge in [-0.2, -0.15) is 0 Å². The molecule has 1 amide bonds. The average Bonchev–Trinajstić information content (AvgIpc) is 2.66. The molecule has 0 radical (unpaired) electrons. The molecule has 2 heterocycles. The van der Waals surface area contributed by atoms with Crippen LogP contribution in [0.25, 0.3) is 0 Å². The molecule has 136 valence electrons. The normalized spacial score (nSPS) is 14.1. The summed E-state index contributed by atoms with van der Waals surface area (Å²) in [5, 5.41) is 14.0. The van der Waals surface area contributed by atoms with Crippen molar-refractivity contribution in [3.63, 3.8) is 0 Å². The highest BCUT2D eigenvalue weighted by atomic mass is 16.6. The molecule has 0 saturated carbocycles. The minimum Gasteiger partial charge on any atom is -0.371 e. The Hall–Kier alpha value is -2.96. The Bertz CT molecular complexity index is 816. The molecule has 0 bridgehead atoms. The Balaban J connectivity index is 1.83. The Morgan fingerprint density at radius 3 is 2.69 bits per heavy atom. The van der Waals surface area contributed by atoms with E-state index >= 15 is 0 Å². The highest BCUT2D eigenvalue weighted by Gasteiger charge is 2.21. The molecule has 2 aromatic rings. The summed E-state index contributed by atoms with van der Waals surface area (Å²) in [7, 11) is 0. The molecule has 26 heavy (non-hydrogen) atoms. The Kier molecular flexibility index (Phi) is 5.46. The summed E-state index contributed by atoms with van der Waals surface area (Å²) in [5.74, 6) is -0.322. The van der Waals surface area contributed by atoms with Crippen LogP contribution in [0.4, 0.5) is 11.4 Å². The van der Waals surface area contributed by atoms with Crippen molar-refractivity contribution >= 4 is 17.3 Å². The smallest absolute Gasteiger partial charge is 0.270 e. The van der Waals surface area contributed by atoms with Crippen molar-refractivity contribution in [3.8, 4) is 0 Å². The Labute approximate surface area is 152 Å². The summed E-state index contributed by atoms with van der Waals surface area (Å²) in [6.45, 7) is 3.89. The number of non-ortho nitro benzene ring substituents is 1. The zero-order valence-electron chi connectivity index (χ0n) is 14.8. The van der Waals surface area contributed by atoms with Crippen molar-refractivity contribution in [3.05, 3.63) is 63.5 Å². The maximum Gasteiger partial charge on any atom is 0.270 e. The third-order valence-electron chi connectivity index (χ3n) is 4.51. The van der Waals surface area contributed by atoms with Crippen LogP contribution < -0.4 is 10.2 Å². The largest absolute Gasteiger partial charge is 0.371 e. The molecule has 1 aromatic carbocycles. The predicted octanol–water partition coefficient (Wildman–Crippen LogP) is 3.22. The molecule has 1 fully saturated rings. The van der Waals surface area contributed by atoms with Gasteiger partial charge in [-0.15, -0.1) is 0 Å². The van der Waals surface area contributed by atoms with Crippen LogP contribution >= 0.6 is 0 Å². The lowest BCUT2D eigenvalue weighted by atomic mass is 10.1. The number of amides is 1. The summed E-state index contributed by atoms with van der Waals surface area (Å²) < 4.78 is 0. The van der Waals surface area contributed by atoms with E-state index in [1.54, 1.807) is 6.07 Å². The van der Waals surface area contributed by atoms with E-state index in [0.717, 1.165) is 43.0 Å². The van der Waals surface area contributed by atoms with Gasteiger partial charge in [-0.1, -0.05) is 6.07 Å². The Morgan fingerprint density at radius 1 is 1.23 bits per heavy atom. The molecule has 0 aliphatic carbocycles. The topological polar surface area (TPSA) is 88.4 Å². The van der Waals surface area contributed by atoms with Gasteiger partial charge in [0.05, 0.1) is 28.4 Å². The first kappa shape index (κ1) is 17.8. The molecule has 0 unspecified atom stereocenters. The molecule has 1 aliphatic rings. The molecule has 7 heteroatoms. The van der Waals surface area contributed by atoms with E-state index in [2.05, 4.69) is 15.2 Å². The number of aromatic nitrogens is 1. The summed E-state index contributed by atoms with van der Waals surface area (Å²) >= 11 is 0. The highest BCUT2D eigenvalue weighted by molar-refractivity contribution is 6.00. The number of nitrogens with zero attached hydrogens (tertiary/aromatic N) is 3. The minimum atomic E-state index is -0.473. The van der Waals surface area contributed by atoms with Gasteiger partial charge in [0.1, 0.15) is 0 Å². The molecule has 0 atom stereocenters. The fraction of sp³-hybridized carbons (Fsp3) is 0.368. The number of piperidine rings is 1. The van der Waals surface area contributed by atoms with Gasteiger partial charge in [0.25, 0.3) is 11.6 Å². The molecule has 1 saturated heterocycles. The predicted molar refractivity (Wildman–Crippen MR) is 99.3 cm³/mol. The van der Waals surface area contributed by atoms with Crippen LogP contribution in [0.5, 0.6) is 0 Å². The number of nitrogens with one attached hydrogen (secondary N) is 1. The standard InChI is InChI=1S/C19H22N4O3/c1-14-6-5-7-15(21-14)13-20-19(24)17-12-16(23(25)26)8-9-18(17)22-10-3-2-4-11-22/h5-9,12H,2-4,10-11,13H2,1H3,(H,20,24). The summed E-state index contributed by atoms with van der Waals surface area (Å²) in [5.41, 5.74) is 2.65. The second-order valence-electron chi connectivity index (χ2n) is 6.46. The number of rotatable bonds is 5. The van der Waals surface area contributed by atoms with Gasteiger partial charge in [-0.05, 0) is 44.4 Å². The molecule has 0 spiro atoms. The van der Waals surface area contributed by atoms with Gasteiger partial charge < -0.3 is 10.2 Å². The van der Waals surface area contributed by atoms with Crippen molar-refractivity contribution in [1.29, 1.82) is 0 Å². The van der Waals surface area contributed by atoms with E-state index in [0.29, 0.717) is 5.56 Å². The van der Waals surface area contributed by atoms with Gasteiger partial charge in [0.15, 0.2) is 0 Å². The molecule has 3 rings (SSSR count). The van der Waals surface area contributed by atoms with E-state index in [-0.39, 0.29) is 18.1 Å². The number of anilines is 1. The first-order chi connectivity index (χ1) is 12.5. The van der Waals surface area contributed by atoms with Crippen LogP contribution in [-0.2, 0) is 6.54 Å². The third-order valence-corrected chi connectivity index (χ3v) is 4.51. The number of carbonyl (C=O) groups is 1. The number of pyridine rings is 1. The minimum absolute atomic E-state index is 0.0791. The lowest BCUT2D eigenvalue weighted by Gasteiger charge is -2.30. The number of benzene rings is 1. The van der Waals surface area contributed by atoms with Crippen LogP contribution in [0.2, 0.25) is 0 Å². The lowest BCUT2D eigenvalue weighted by molar-refractivity contribution is -0.384. The van der Waals surface area contributed by atoms with Crippen LogP contribution in [0.3, 0.4) is 0 Å². The van der Waals surface area contributed by atoms with E-state index < -0.39 is 4.92 Å². The van der Waals surface area contributed by atoms with Crippen molar-refractivity contribution in [2.75, 3.05) is 18.0 Å². The third kappa shape index (κ3) is 4.17. The number of aryl methyl sites for hydroxylation is 1. The number of carbonyl (C=O) groups excluding carboxylic acids is 1. The van der Waals surface area contributed by atoms with Crippen LogP contribution in [-0.4, -0.2) is 28.9 Å². The number of hydrogen-bond donors (Lipinski definition) is 1. The fourth-order valence-electron chi connectivity index (χ4n) is 3.19. The van der Waals surface area contributed by atoms with Crippen molar-refractivity contribution < 1.29 is 9.72 Å². The zero-order valence-corrected chi connectivity index (χ0v) is 14.8. The average molecular weight is 354 g/mol. The molecule has 1 aromatic heterocycles. The number of hydrogen-bond acceptors (Lipinski definition) is 5. The maximum atomic E-state index is 12.8. The first-order valence-corrected chi connectivity index (χ1v) is 8.79. The van der Waals surface area contributed by atoms with Crippen molar-refractivity contribution in [2.24, 2.45) is 0 Å². The van der Waals surface area contributed by atoms with Gasteiger partial charge in [0, 0.05) is 30.9 Å². The van der Waals surface area contributed by atoms with Gasteiger partial charge in [-0.25, -0.2) is 0 Å². The number of nitro groups is 1. The Morgan fingerprint density at radius 2 is 2.00 bits per heavy atom. The second kappa shape index (κ2) is 7.95. The molecule has 1 aliphatic heterocycles. The molecule has 7 nitrogen and oxygen atoms in total.